The van der Waals surface area contributed by atoms with Gasteiger partial charge in [-0.05, 0) is 31.0 Å². The van der Waals surface area contributed by atoms with Crippen molar-refractivity contribution in [2.45, 2.75) is 37.5 Å². The SMILES string of the molecule is C[C@@H]1C[C@@](C)(c2cc(CC(=O)c3ncc(F)cc3F)ccn2)N=C(N)S1. The van der Waals surface area contributed by atoms with E-state index < -0.39 is 23.0 Å². The summed E-state index contributed by atoms with van der Waals surface area (Å²) in [5, 5.41) is 0.800. The number of Topliss-reactive ketones (excluding diaryl/α,β-unsaturated/α-hetero) is 1. The second kappa shape index (κ2) is 7.11. The number of halogens is 2. The lowest BCUT2D eigenvalue weighted by Crippen LogP contribution is -2.33. The Bertz CT molecular complexity index is 889. The van der Waals surface area contributed by atoms with Crippen LogP contribution in [0.15, 0.2) is 35.6 Å². The molecule has 0 radical (unpaired) electrons. The molecular weight excluding hydrogens is 358 g/mol. The minimum Gasteiger partial charge on any atom is -0.379 e. The molecule has 0 aromatic carbocycles. The van der Waals surface area contributed by atoms with Crippen molar-refractivity contribution in [3.8, 4) is 0 Å². The van der Waals surface area contributed by atoms with E-state index in [0.717, 1.165) is 12.6 Å². The van der Waals surface area contributed by atoms with Gasteiger partial charge in [-0.15, -0.1) is 0 Å². The summed E-state index contributed by atoms with van der Waals surface area (Å²) < 4.78 is 26.7. The number of aliphatic imine (C=N–C) groups is 1. The topological polar surface area (TPSA) is 81.2 Å². The highest BCUT2D eigenvalue weighted by atomic mass is 32.2. The fourth-order valence-corrected chi connectivity index (χ4v) is 4.13. The highest BCUT2D eigenvalue weighted by Crippen LogP contribution is 2.37. The van der Waals surface area contributed by atoms with E-state index in [1.807, 2.05) is 6.92 Å². The van der Waals surface area contributed by atoms with Crippen molar-refractivity contribution in [2.75, 3.05) is 0 Å². The predicted molar refractivity (Wildman–Crippen MR) is 97.1 cm³/mol. The fraction of sp³-hybridized carbons (Fsp3) is 0.333. The molecule has 1 aliphatic rings. The van der Waals surface area contributed by atoms with E-state index in [0.29, 0.717) is 27.7 Å². The summed E-state index contributed by atoms with van der Waals surface area (Å²) in [7, 11) is 0. The predicted octanol–water partition coefficient (Wildman–Crippen LogP) is 3.24. The summed E-state index contributed by atoms with van der Waals surface area (Å²) in [5.41, 5.74) is 6.32. The quantitative estimate of drug-likeness (QED) is 0.829. The van der Waals surface area contributed by atoms with Crippen LogP contribution in [0.3, 0.4) is 0 Å². The lowest BCUT2D eigenvalue weighted by atomic mass is 9.90. The molecule has 0 bridgehead atoms. The largest absolute Gasteiger partial charge is 0.379 e. The number of aromatic nitrogens is 2. The number of amidine groups is 1. The van der Waals surface area contributed by atoms with Gasteiger partial charge in [-0.3, -0.25) is 9.78 Å². The lowest BCUT2D eigenvalue weighted by molar-refractivity contribution is 0.0983. The molecule has 1 aliphatic heterocycles. The third-order valence-electron chi connectivity index (χ3n) is 4.18. The molecule has 26 heavy (non-hydrogen) atoms. The zero-order valence-electron chi connectivity index (χ0n) is 14.4. The first-order valence-corrected chi connectivity index (χ1v) is 8.96. The molecule has 0 amide bonds. The van der Waals surface area contributed by atoms with Crippen molar-refractivity contribution in [1.29, 1.82) is 0 Å². The van der Waals surface area contributed by atoms with Gasteiger partial charge in [0.05, 0.1) is 11.9 Å². The molecule has 0 spiro atoms. The van der Waals surface area contributed by atoms with Crippen molar-refractivity contribution in [1.82, 2.24) is 9.97 Å². The van der Waals surface area contributed by atoms with Crippen molar-refractivity contribution in [3.05, 3.63) is 59.2 Å². The van der Waals surface area contributed by atoms with E-state index >= 15 is 0 Å². The normalized spacial score (nSPS) is 22.8. The van der Waals surface area contributed by atoms with Gasteiger partial charge < -0.3 is 5.73 Å². The third-order valence-corrected chi connectivity index (χ3v) is 5.08. The summed E-state index contributed by atoms with van der Waals surface area (Å²) >= 11 is 1.52. The number of thioether (sulfide) groups is 1. The number of nitrogens with two attached hydrogens (primary N) is 1. The zero-order valence-corrected chi connectivity index (χ0v) is 15.2. The third kappa shape index (κ3) is 3.90. The van der Waals surface area contributed by atoms with Gasteiger partial charge in [0.2, 0.25) is 0 Å². The van der Waals surface area contributed by atoms with Gasteiger partial charge in [-0.2, -0.15) is 0 Å². The standard InChI is InChI=1S/C18H18F2N4OS/c1-10-8-18(2,24-17(21)26-10)15-6-11(3-4-22-15)5-14(25)16-13(20)7-12(19)9-23-16/h3-4,6-7,9-10H,5,8H2,1-2H3,(H2,21,24)/t10-,18+/m1/s1. The molecule has 2 N–H and O–H groups in total. The molecule has 5 nitrogen and oxygen atoms in total. The van der Waals surface area contributed by atoms with Crippen LogP contribution in [0.5, 0.6) is 0 Å². The Hall–Kier alpha value is -2.35. The Labute approximate surface area is 154 Å². The molecule has 2 aromatic heterocycles. The van der Waals surface area contributed by atoms with Gasteiger partial charge in [0.25, 0.3) is 0 Å². The van der Waals surface area contributed by atoms with E-state index in [4.69, 9.17) is 5.73 Å². The highest BCUT2D eigenvalue weighted by Gasteiger charge is 2.34. The van der Waals surface area contributed by atoms with Crippen LogP contribution in [-0.2, 0) is 12.0 Å². The van der Waals surface area contributed by atoms with Crippen LogP contribution < -0.4 is 5.73 Å². The molecule has 0 saturated carbocycles. The summed E-state index contributed by atoms with van der Waals surface area (Å²) in [4.78, 5) is 24.8. The smallest absolute Gasteiger partial charge is 0.188 e. The van der Waals surface area contributed by atoms with Crippen LogP contribution in [-0.4, -0.2) is 26.2 Å². The number of pyridine rings is 2. The molecule has 0 unspecified atom stereocenters. The molecule has 136 valence electrons. The average molecular weight is 376 g/mol. The van der Waals surface area contributed by atoms with Crippen LogP contribution in [0, 0.1) is 11.6 Å². The van der Waals surface area contributed by atoms with Crippen LogP contribution in [0.25, 0.3) is 0 Å². The molecule has 3 heterocycles. The first-order valence-electron chi connectivity index (χ1n) is 8.08. The molecule has 2 atom stereocenters. The second-order valence-electron chi connectivity index (χ2n) is 6.49. The monoisotopic (exact) mass is 376 g/mol. The van der Waals surface area contributed by atoms with Crippen LogP contribution >= 0.6 is 11.8 Å². The van der Waals surface area contributed by atoms with E-state index in [9.17, 15) is 13.6 Å². The van der Waals surface area contributed by atoms with Crippen LogP contribution in [0.4, 0.5) is 8.78 Å². The number of ketones is 1. The maximum Gasteiger partial charge on any atom is 0.188 e. The Morgan fingerprint density at radius 2 is 2.15 bits per heavy atom. The van der Waals surface area contributed by atoms with E-state index in [-0.39, 0.29) is 12.1 Å². The Kier molecular flexibility index (Phi) is 5.04. The maximum atomic E-state index is 13.8. The van der Waals surface area contributed by atoms with Crippen molar-refractivity contribution in [3.63, 3.8) is 0 Å². The number of nitrogens with zero attached hydrogens (tertiary/aromatic N) is 3. The molecule has 0 aliphatic carbocycles. The molecular formula is C18H18F2N4OS. The molecule has 2 aromatic rings. The van der Waals surface area contributed by atoms with Crippen molar-refractivity contribution < 1.29 is 13.6 Å². The number of hydrogen-bond acceptors (Lipinski definition) is 6. The molecule has 0 fully saturated rings. The summed E-state index contributed by atoms with van der Waals surface area (Å²) in [6.45, 7) is 4.02. The van der Waals surface area contributed by atoms with E-state index in [1.54, 1.807) is 18.3 Å². The summed E-state index contributed by atoms with van der Waals surface area (Å²) in [6, 6.07) is 4.11. The van der Waals surface area contributed by atoms with Gasteiger partial charge in [0.15, 0.2) is 16.8 Å². The van der Waals surface area contributed by atoms with Gasteiger partial charge in [0.1, 0.15) is 17.1 Å². The lowest BCUT2D eigenvalue weighted by Gasteiger charge is -2.32. The maximum absolute atomic E-state index is 13.8. The van der Waals surface area contributed by atoms with Crippen molar-refractivity contribution in [2.24, 2.45) is 10.7 Å². The number of carbonyl (C=O) groups excluding carboxylic acids is 1. The molecule has 0 saturated heterocycles. The Balaban J connectivity index is 1.86. The number of carbonyl (C=O) groups is 1. The minimum atomic E-state index is -0.966. The van der Waals surface area contributed by atoms with Crippen molar-refractivity contribution >= 4 is 22.7 Å². The van der Waals surface area contributed by atoms with E-state index in [1.165, 1.54) is 11.8 Å². The average Bonchev–Trinajstić information content (AvgIpc) is 2.53. The van der Waals surface area contributed by atoms with Gasteiger partial charge >= 0.3 is 0 Å². The van der Waals surface area contributed by atoms with Crippen LogP contribution in [0.2, 0.25) is 0 Å². The Morgan fingerprint density at radius 1 is 1.38 bits per heavy atom. The van der Waals surface area contributed by atoms with Crippen LogP contribution in [0.1, 0.15) is 42.0 Å². The first-order chi connectivity index (χ1) is 12.3. The van der Waals surface area contributed by atoms with E-state index in [2.05, 4.69) is 21.9 Å². The van der Waals surface area contributed by atoms with Gasteiger partial charge in [-0.1, -0.05) is 18.7 Å². The number of rotatable bonds is 4. The molecule has 3 rings (SSSR count). The number of hydrogen-bond donors (Lipinski definition) is 1. The summed E-state index contributed by atoms with van der Waals surface area (Å²) in [6.07, 6.45) is 3.12. The van der Waals surface area contributed by atoms with Gasteiger partial charge in [-0.25, -0.2) is 18.8 Å². The second-order valence-corrected chi connectivity index (χ2v) is 7.95. The Morgan fingerprint density at radius 3 is 2.85 bits per heavy atom. The van der Waals surface area contributed by atoms with Gasteiger partial charge in [0, 0.05) is 23.9 Å². The first kappa shape index (κ1) is 18.4. The minimum absolute atomic E-state index is 0.0648. The highest BCUT2D eigenvalue weighted by molar-refractivity contribution is 8.14. The fourth-order valence-electron chi connectivity index (χ4n) is 3.05. The zero-order chi connectivity index (χ0) is 18.9. The molecule has 8 heteroatoms. The summed E-state index contributed by atoms with van der Waals surface area (Å²) in [5.74, 6) is -2.31.